The van der Waals surface area contributed by atoms with Crippen molar-refractivity contribution < 1.29 is 22.7 Å². The number of hydrogen-bond donors (Lipinski definition) is 0. The summed E-state index contributed by atoms with van der Waals surface area (Å²) in [5.41, 5.74) is 1.71. The van der Waals surface area contributed by atoms with Crippen molar-refractivity contribution >= 4 is 50.5 Å². The molecule has 1 aliphatic rings. The molecule has 1 saturated heterocycles. The van der Waals surface area contributed by atoms with Gasteiger partial charge >= 0.3 is 0 Å². The maximum atomic E-state index is 13.0. The summed E-state index contributed by atoms with van der Waals surface area (Å²) >= 11 is 6.87. The second-order valence-electron chi connectivity index (χ2n) is 7.65. The Balaban J connectivity index is 1.61. The average molecular weight is 543 g/mol. The van der Waals surface area contributed by atoms with Gasteiger partial charge in [0.1, 0.15) is 6.61 Å². The van der Waals surface area contributed by atoms with Crippen LogP contribution in [-0.4, -0.2) is 38.0 Å². The number of likely N-dealkylation sites (N-methyl/N-ethyl adjacent to an activating group) is 1. The predicted molar refractivity (Wildman–Crippen MR) is 143 cm³/mol. The van der Waals surface area contributed by atoms with Crippen molar-refractivity contribution in [2.75, 3.05) is 13.7 Å². The molecule has 0 unspecified atom stereocenters. The number of carbonyl (C=O) groups excluding carboxylic acids is 1. The van der Waals surface area contributed by atoms with Gasteiger partial charge < -0.3 is 9.47 Å². The summed E-state index contributed by atoms with van der Waals surface area (Å²) in [6.45, 7) is 2.38. The first-order valence-corrected chi connectivity index (χ1v) is 13.6. The second-order valence-corrected chi connectivity index (χ2v) is 10.7. The van der Waals surface area contributed by atoms with Crippen LogP contribution in [0.25, 0.3) is 6.08 Å². The lowest BCUT2D eigenvalue weighted by Crippen LogP contribution is -2.29. The number of rotatable bonds is 8. The van der Waals surface area contributed by atoms with E-state index in [-0.39, 0.29) is 22.5 Å². The molecule has 0 spiro atoms. The fraction of sp³-hybridized carbons (Fsp3) is 0.154. The number of ether oxygens (including phenoxy) is 2. The molecule has 0 aromatic heterocycles. The molecule has 1 aliphatic heterocycles. The van der Waals surface area contributed by atoms with Crippen LogP contribution in [0.15, 0.2) is 87.0 Å². The first-order valence-electron chi connectivity index (χ1n) is 11.0. The third-order valence-electron chi connectivity index (χ3n) is 5.24. The normalized spacial score (nSPS) is 16.1. The molecule has 186 valence electrons. The molecule has 1 fully saturated rings. The number of sulfonamides is 1. The lowest BCUT2D eigenvalue weighted by atomic mass is 10.1. The molecule has 3 aromatic rings. The van der Waals surface area contributed by atoms with Gasteiger partial charge in [0.05, 0.1) is 16.9 Å². The third-order valence-corrected chi connectivity index (χ3v) is 7.89. The minimum absolute atomic E-state index is 0.00343. The Morgan fingerprint density at radius 3 is 2.42 bits per heavy atom. The van der Waals surface area contributed by atoms with Crippen molar-refractivity contribution in [3.63, 3.8) is 0 Å². The number of methoxy groups -OCH3 is 1. The average Bonchev–Trinajstić information content (AvgIpc) is 3.16. The monoisotopic (exact) mass is 542 g/mol. The molecule has 0 saturated carbocycles. The zero-order valence-electron chi connectivity index (χ0n) is 19.5. The first-order chi connectivity index (χ1) is 17.3. The molecular formula is C26H23ClN2O5S2. The van der Waals surface area contributed by atoms with Crippen molar-refractivity contribution in [2.45, 2.75) is 18.4 Å². The van der Waals surface area contributed by atoms with E-state index in [9.17, 15) is 13.2 Å². The van der Waals surface area contributed by atoms with E-state index in [0.29, 0.717) is 33.6 Å². The lowest BCUT2D eigenvalue weighted by molar-refractivity contribution is -0.122. The topological polar surface area (TPSA) is 85.3 Å². The highest BCUT2D eigenvalue weighted by Crippen LogP contribution is 2.35. The predicted octanol–water partition coefficient (Wildman–Crippen LogP) is 5.61. The summed E-state index contributed by atoms with van der Waals surface area (Å²) in [4.78, 5) is 14.7. The summed E-state index contributed by atoms with van der Waals surface area (Å²) in [6, 6.07) is 20.8. The Hall–Kier alpha value is -3.27. The first kappa shape index (κ1) is 25.8. The molecule has 0 radical (unpaired) electrons. The third kappa shape index (κ3) is 5.92. The van der Waals surface area contributed by atoms with Crippen molar-refractivity contribution in [3.8, 4) is 11.5 Å². The summed E-state index contributed by atoms with van der Waals surface area (Å²) in [6.07, 6.45) is 1.68. The Morgan fingerprint density at radius 2 is 1.75 bits per heavy atom. The van der Waals surface area contributed by atoms with Gasteiger partial charge in [0.25, 0.3) is 15.9 Å². The quantitative estimate of drug-likeness (QED) is 0.344. The molecule has 0 N–H and O–H groups in total. The lowest BCUT2D eigenvalue weighted by Gasteiger charge is -2.12. The fourth-order valence-corrected chi connectivity index (χ4v) is 5.77. The molecule has 4 rings (SSSR count). The maximum Gasteiger partial charge on any atom is 0.284 e. The summed E-state index contributed by atoms with van der Waals surface area (Å²) < 4.78 is 40.9. The number of nitrogens with zero attached hydrogens (tertiary/aromatic N) is 2. The highest BCUT2D eigenvalue weighted by molar-refractivity contribution is 8.19. The Kier molecular flexibility index (Phi) is 8.03. The van der Waals surface area contributed by atoms with Gasteiger partial charge in [0.2, 0.25) is 0 Å². The van der Waals surface area contributed by atoms with Gasteiger partial charge in [-0.3, -0.25) is 9.69 Å². The van der Waals surface area contributed by atoms with Crippen LogP contribution in [0.4, 0.5) is 0 Å². The van der Waals surface area contributed by atoms with Crippen molar-refractivity contribution in [1.82, 2.24) is 4.90 Å². The molecular weight excluding hydrogens is 520 g/mol. The second kappa shape index (κ2) is 11.2. The summed E-state index contributed by atoms with van der Waals surface area (Å²) in [5, 5.41) is 0.511. The minimum atomic E-state index is -4.02. The van der Waals surface area contributed by atoms with Gasteiger partial charge in [0, 0.05) is 11.6 Å². The zero-order chi connectivity index (χ0) is 25.7. The highest BCUT2D eigenvalue weighted by Gasteiger charge is 2.34. The molecule has 7 nitrogen and oxygen atoms in total. The molecule has 1 amide bonds. The van der Waals surface area contributed by atoms with Crippen LogP contribution in [0, 0.1) is 0 Å². The van der Waals surface area contributed by atoms with Crippen LogP contribution in [0.3, 0.4) is 0 Å². The van der Waals surface area contributed by atoms with E-state index in [1.807, 2.05) is 30.3 Å². The largest absolute Gasteiger partial charge is 0.493 e. The number of amides is 1. The summed E-state index contributed by atoms with van der Waals surface area (Å²) in [5.74, 6) is 0.762. The minimum Gasteiger partial charge on any atom is -0.493 e. The standard InChI is InChI=1S/C26H23ClN2O5S2/c1-3-29-25(30)24(35-26(29)28-36(31,32)21-12-10-20(27)11-13-21)16-19-9-14-22(33-2)23(15-19)34-17-18-7-5-4-6-8-18/h4-16H,3,17H2,1-2H3/b24-16-,28-26+. The SMILES string of the molecule is CCN1C(=O)/C(=C/c2ccc(OC)c(OCc3ccccc3)c2)S/C1=N/S(=O)(=O)c1ccc(Cl)cc1. The van der Waals surface area contributed by atoms with E-state index in [1.165, 1.54) is 29.2 Å². The van der Waals surface area contributed by atoms with E-state index in [4.69, 9.17) is 21.1 Å². The van der Waals surface area contributed by atoms with Crippen LogP contribution in [0.2, 0.25) is 5.02 Å². The highest BCUT2D eigenvalue weighted by atomic mass is 35.5. The van der Waals surface area contributed by atoms with E-state index < -0.39 is 10.0 Å². The maximum absolute atomic E-state index is 13.0. The Labute approximate surface area is 219 Å². The molecule has 0 bridgehead atoms. The molecule has 1 heterocycles. The number of amidine groups is 1. The van der Waals surface area contributed by atoms with Crippen LogP contribution in [-0.2, 0) is 21.4 Å². The Morgan fingerprint density at radius 1 is 1.03 bits per heavy atom. The smallest absolute Gasteiger partial charge is 0.284 e. The number of halogens is 1. The van der Waals surface area contributed by atoms with Gasteiger partial charge in [-0.1, -0.05) is 48.0 Å². The number of carbonyl (C=O) groups is 1. The number of hydrogen-bond acceptors (Lipinski definition) is 6. The van der Waals surface area contributed by atoms with E-state index in [0.717, 1.165) is 17.3 Å². The van der Waals surface area contributed by atoms with E-state index in [2.05, 4.69) is 4.40 Å². The van der Waals surface area contributed by atoms with Crippen LogP contribution >= 0.6 is 23.4 Å². The van der Waals surface area contributed by atoms with Crippen molar-refractivity contribution in [3.05, 3.63) is 93.9 Å². The van der Waals surface area contributed by atoms with Gasteiger partial charge in [-0.25, -0.2) is 0 Å². The fourth-order valence-electron chi connectivity index (χ4n) is 3.40. The van der Waals surface area contributed by atoms with E-state index in [1.54, 1.807) is 38.3 Å². The zero-order valence-corrected chi connectivity index (χ0v) is 21.9. The van der Waals surface area contributed by atoms with Gasteiger partial charge in [-0.05, 0) is 72.3 Å². The molecule has 3 aromatic carbocycles. The molecule has 36 heavy (non-hydrogen) atoms. The summed E-state index contributed by atoms with van der Waals surface area (Å²) in [7, 11) is -2.46. The van der Waals surface area contributed by atoms with Crippen molar-refractivity contribution in [1.29, 1.82) is 0 Å². The molecule has 10 heteroatoms. The van der Waals surface area contributed by atoms with Crippen LogP contribution in [0.5, 0.6) is 11.5 Å². The molecule has 0 aliphatic carbocycles. The van der Waals surface area contributed by atoms with Crippen molar-refractivity contribution in [2.24, 2.45) is 4.40 Å². The molecule has 0 atom stereocenters. The van der Waals surface area contributed by atoms with Gasteiger partial charge in [-0.2, -0.15) is 8.42 Å². The van der Waals surface area contributed by atoms with Crippen LogP contribution < -0.4 is 9.47 Å². The number of thioether (sulfide) groups is 1. The van der Waals surface area contributed by atoms with Crippen LogP contribution in [0.1, 0.15) is 18.1 Å². The van der Waals surface area contributed by atoms with Gasteiger partial charge in [-0.15, -0.1) is 4.40 Å². The van der Waals surface area contributed by atoms with Gasteiger partial charge in [0.15, 0.2) is 16.7 Å². The number of benzene rings is 3. The Bertz CT molecular complexity index is 1420. The van der Waals surface area contributed by atoms with E-state index >= 15 is 0 Å².